The molecule has 0 aliphatic rings. The molecule has 0 fully saturated rings. The van der Waals surface area contributed by atoms with Crippen molar-refractivity contribution in [2.75, 3.05) is 0 Å². The van der Waals surface area contributed by atoms with Crippen LogP contribution in [0.3, 0.4) is 0 Å². The highest BCUT2D eigenvalue weighted by Crippen LogP contribution is 2.43. The molecule has 1 aromatic heterocycles. The monoisotopic (exact) mass is 362 g/mol. The Balaban J connectivity index is 3.03. The number of rotatable bonds is 1. The zero-order valence-corrected chi connectivity index (χ0v) is 12.0. The second-order valence-corrected chi connectivity index (χ2v) is 5.04. The number of aromatic nitrogens is 2. The number of carbonyl (C=O) groups is 1. The quantitative estimate of drug-likeness (QED) is 0.403. The van der Waals surface area contributed by atoms with E-state index in [-0.39, 0.29) is 31.8 Å². The number of halogens is 7. The van der Waals surface area contributed by atoms with E-state index in [4.69, 9.17) is 46.4 Å². The predicted molar refractivity (Wildman–Crippen MR) is 70.0 cm³/mol. The van der Waals surface area contributed by atoms with E-state index in [0.717, 1.165) is 0 Å². The van der Waals surface area contributed by atoms with Crippen LogP contribution < -0.4 is 0 Å². The Morgan fingerprint density at radius 3 is 1.95 bits per heavy atom. The van der Waals surface area contributed by atoms with Crippen LogP contribution in [0.1, 0.15) is 16.3 Å². The molecule has 0 N–H and O–H groups in total. The van der Waals surface area contributed by atoms with Gasteiger partial charge in [0.1, 0.15) is 5.69 Å². The predicted octanol–water partition coefficient (Wildman–Crippen LogP) is 5.07. The van der Waals surface area contributed by atoms with Gasteiger partial charge in [0.25, 0.3) is 0 Å². The topological polar surface area (TPSA) is 42.9 Å². The molecule has 1 heterocycles. The molecule has 0 spiro atoms. The average Bonchev–Trinajstić information content (AvgIpc) is 2.40. The number of aldehydes is 1. The van der Waals surface area contributed by atoms with Gasteiger partial charge in [0, 0.05) is 0 Å². The summed E-state index contributed by atoms with van der Waals surface area (Å²) in [5, 5.41) is -1.22. The molecule has 1 aromatic carbocycles. The maximum Gasteiger partial charge on any atom is 0.451 e. The van der Waals surface area contributed by atoms with Crippen molar-refractivity contribution >= 4 is 63.6 Å². The Labute approximate surface area is 129 Å². The average molecular weight is 364 g/mol. The SMILES string of the molecule is O=Cc1nc(C(F)(F)F)nc2c(Cl)c(Cl)c(Cl)c(Cl)c12. The van der Waals surface area contributed by atoms with Gasteiger partial charge < -0.3 is 0 Å². The Morgan fingerprint density at radius 2 is 1.45 bits per heavy atom. The Bertz CT molecular complexity index is 733. The van der Waals surface area contributed by atoms with E-state index >= 15 is 0 Å². The van der Waals surface area contributed by atoms with E-state index in [1.165, 1.54) is 0 Å². The highest BCUT2D eigenvalue weighted by molar-refractivity contribution is 6.55. The molecule has 0 radical (unpaired) electrons. The van der Waals surface area contributed by atoms with Crippen molar-refractivity contribution in [3.05, 3.63) is 31.6 Å². The lowest BCUT2D eigenvalue weighted by Crippen LogP contribution is -2.13. The number of carbonyl (C=O) groups excluding carboxylic acids is 1. The molecule has 10 heteroatoms. The summed E-state index contributed by atoms with van der Waals surface area (Å²) in [4.78, 5) is 17.3. The highest BCUT2D eigenvalue weighted by Gasteiger charge is 2.36. The largest absolute Gasteiger partial charge is 0.451 e. The van der Waals surface area contributed by atoms with Crippen molar-refractivity contribution in [3.63, 3.8) is 0 Å². The summed E-state index contributed by atoms with van der Waals surface area (Å²) < 4.78 is 38.0. The fourth-order valence-electron chi connectivity index (χ4n) is 1.47. The molecule has 3 nitrogen and oxygen atoms in total. The maximum atomic E-state index is 12.7. The molecular weight excluding hydrogens is 363 g/mol. The summed E-state index contributed by atoms with van der Waals surface area (Å²) >= 11 is 23.2. The van der Waals surface area contributed by atoms with Gasteiger partial charge in [-0.15, -0.1) is 0 Å². The molecule has 0 atom stereocenters. The van der Waals surface area contributed by atoms with Crippen molar-refractivity contribution < 1.29 is 18.0 Å². The van der Waals surface area contributed by atoms with Crippen LogP contribution >= 0.6 is 46.4 Å². The molecule has 0 unspecified atom stereocenters. The van der Waals surface area contributed by atoms with E-state index < -0.39 is 23.2 Å². The van der Waals surface area contributed by atoms with E-state index in [1.807, 2.05) is 0 Å². The fourth-order valence-corrected chi connectivity index (χ4v) is 2.45. The smallest absolute Gasteiger partial charge is 0.296 e. The van der Waals surface area contributed by atoms with Gasteiger partial charge in [-0.05, 0) is 0 Å². The minimum Gasteiger partial charge on any atom is -0.296 e. The Kier molecular flexibility index (Phi) is 4.03. The van der Waals surface area contributed by atoms with Crippen molar-refractivity contribution in [2.45, 2.75) is 6.18 Å². The second kappa shape index (κ2) is 5.18. The number of nitrogens with zero attached hydrogens (tertiary/aromatic N) is 2. The molecule has 0 saturated heterocycles. The van der Waals surface area contributed by atoms with Gasteiger partial charge in [-0.1, -0.05) is 46.4 Å². The first kappa shape index (κ1) is 15.6. The molecule has 0 amide bonds. The summed E-state index contributed by atoms with van der Waals surface area (Å²) in [6, 6.07) is 0. The molecule has 0 bridgehead atoms. The van der Waals surface area contributed by atoms with Crippen molar-refractivity contribution in [1.29, 1.82) is 0 Å². The zero-order chi connectivity index (χ0) is 15.2. The fraction of sp³-hybridized carbons (Fsp3) is 0.100. The normalized spacial score (nSPS) is 11.9. The second-order valence-electron chi connectivity index (χ2n) is 3.53. The third-order valence-electron chi connectivity index (χ3n) is 2.31. The Hall–Kier alpha value is -0.820. The Morgan fingerprint density at radius 1 is 0.900 bits per heavy atom. The summed E-state index contributed by atoms with van der Waals surface area (Å²) in [7, 11) is 0. The molecule has 106 valence electrons. The van der Waals surface area contributed by atoms with Gasteiger partial charge in [0.05, 0.1) is 31.0 Å². The minimum atomic E-state index is -4.85. The third-order valence-corrected chi connectivity index (χ3v) is 4.10. The van der Waals surface area contributed by atoms with E-state index in [0.29, 0.717) is 0 Å². The first-order valence-electron chi connectivity index (χ1n) is 4.74. The lowest BCUT2D eigenvalue weighted by molar-refractivity contribution is -0.144. The van der Waals surface area contributed by atoms with Gasteiger partial charge >= 0.3 is 6.18 Å². The molecule has 20 heavy (non-hydrogen) atoms. The summed E-state index contributed by atoms with van der Waals surface area (Å²) in [5.41, 5.74) is -0.969. The molecule has 0 aliphatic carbocycles. The molecule has 0 saturated carbocycles. The van der Waals surface area contributed by atoms with Crippen molar-refractivity contribution in [3.8, 4) is 0 Å². The number of alkyl halides is 3. The number of hydrogen-bond donors (Lipinski definition) is 0. The zero-order valence-electron chi connectivity index (χ0n) is 9.03. The summed E-state index contributed by atoms with van der Waals surface area (Å²) in [6.45, 7) is 0. The third kappa shape index (κ3) is 2.41. The first-order chi connectivity index (χ1) is 9.18. The number of hydrogen-bond acceptors (Lipinski definition) is 3. The van der Waals surface area contributed by atoms with Crippen LogP contribution in [0.5, 0.6) is 0 Å². The van der Waals surface area contributed by atoms with Gasteiger partial charge in [0.2, 0.25) is 5.82 Å². The van der Waals surface area contributed by atoms with E-state index in [2.05, 4.69) is 9.97 Å². The number of fused-ring (bicyclic) bond motifs is 1. The molecule has 0 aliphatic heterocycles. The van der Waals surface area contributed by atoms with Gasteiger partial charge in [0.15, 0.2) is 6.29 Å². The van der Waals surface area contributed by atoms with Crippen LogP contribution in [-0.4, -0.2) is 16.3 Å². The first-order valence-corrected chi connectivity index (χ1v) is 6.25. The molecule has 2 aromatic rings. The summed E-state index contributed by atoms with van der Waals surface area (Å²) in [5.74, 6) is -1.52. The van der Waals surface area contributed by atoms with Gasteiger partial charge in [-0.25, -0.2) is 9.97 Å². The maximum absolute atomic E-state index is 12.7. The molecule has 2 rings (SSSR count). The minimum absolute atomic E-state index is 0.103. The van der Waals surface area contributed by atoms with Crippen LogP contribution in [0.15, 0.2) is 0 Å². The summed E-state index contributed by atoms with van der Waals surface area (Å²) in [6.07, 6.45) is -4.75. The molecular formula is C10HCl4F3N2O. The van der Waals surface area contributed by atoms with E-state index in [1.54, 1.807) is 0 Å². The van der Waals surface area contributed by atoms with Crippen LogP contribution in [0.2, 0.25) is 20.1 Å². The van der Waals surface area contributed by atoms with Crippen LogP contribution in [0, 0.1) is 0 Å². The van der Waals surface area contributed by atoms with Crippen LogP contribution in [-0.2, 0) is 6.18 Å². The van der Waals surface area contributed by atoms with Gasteiger partial charge in [-0.2, -0.15) is 13.2 Å². The van der Waals surface area contributed by atoms with Gasteiger partial charge in [-0.3, -0.25) is 4.79 Å². The highest BCUT2D eigenvalue weighted by atomic mass is 35.5. The standard InChI is InChI=1S/C10HCl4F3N2O/c11-4-3-2(1-20)18-9(10(15,16)17)19-8(3)7(14)6(13)5(4)12/h1H. The van der Waals surface area contributed by atoms with Crippen LogP contribution in [0.25, 0.3) is 10.9 Å². The lowest BCUT2D eigenvalue weighted by atomic mass is 10.2. The van der Waals surface area contributed by atoms with Crippen molar-refractivity contribution in [1.82, 2.24) is 9.97 Å². The number of benzene rings is 1. The van der Waals surface area contributed by atoms with E-state index in [9.17, 15) is 18.0 Å². The lowest BCUT2D eigenvalue weighted by Gasteiger charge is -2.12. The van der Waals surface area contributed by atoms with Crippen molar-refractivity contribution in [2.24, 2.45) is 0 Å². The van der Waals surface area contributed by atoms with Crippen LogP contribution in [0.4, 0.5) is 13.2 Å².